The first kappa shape index (κ1) is 9.30. The van der Waals surface area contributed by atoms with Crippen LogP contribution in [0.15, 0.2) is 0 Å². The highest BCUT2D eigenvalue weighted by Crippen LogP contribution is 2.22. The van der Waals surface area contributed by atoms with E-state index in [0.29, 0.717) is 12.1 Å². The van der Waals surface area contributed by atoms with Crippen molar-refractivity contribution >= 4 is 12.4 Å². The van der Waals surface area contributed by atoms with Crippen molar-refractivity contribution < 1.29 is 4.74 Å². The molecule has 66 valence electrons. The molecule has 0 aromatic heterocycles. The summed E-state index contributed by atoms with van der Waals surface area (Å²) < 4.78 is 5.62. The molecule has 2 rings (SSSR count). The van der Waals surface area contributed by atoms with Crippen molar-refractivity contribution in [1.29, 1.82) is 0 Å². The molecule has 0 aromatic carbocycles. The fourth-order valence-corrected chi connectivity index (χ4v) is 1.98. The number of halogens is 1. The predicted molar refractivity (Wildman–Crippen MR) is 47.2 cm³/mol. The average molecular weight is 178 g/mol. The number of nitrogens with one attached hydrogen (secondary N) is 1. The molecule has 2 fully saturated rings. The minimum Gasteiger partial charge on any atom is -0.375 e. The smallest absolute Gasteiger partial charge is 0.0728 e. The molecule has 1 saturated carbocycles. The maximum Gasteiger partial charge on any atom is 0.0728 e. The molecule has 1 aliphatic carbocycles. The van der Waals surface area contributed by atoms with E-state index >= 15 is 0 Å². The number of morpholine rings is 1. The van der Waals surface area contributed by atoms with Gasteiger partial charge in [-0.25, -0.2) is 0 Å². The van der Waals surface area contributed by atoms with Gasteiger partial charge in [-0.3, -0.25) is 0 Å². The van der Waals surface area contributed by atoms with E-state index in [1.807, 2.05) is 0 Å². The Morgan fingerprint density at radius 2 is 2.00 bits per heavy atom. The maximum atomic E-state index is 5.62. The van der Waals surface area contributed by atoms with Crippen molar-refractivity contribution in [3.63, 3.8) is 0 Å². The maximum absolute atomic E-state index is 5.62. The van der Waals surface area contributed by atoms with E-state index in [-0.39, 0.29) is 12.4 Å². The largest absolute Gasteiger partial charge is 0.375 e. The molecule has 0 unspecified atom stereocenters. The summed E-state index contributed by atoms with van der Waals surface area (Å²) in [7, 11) is 0. The molecule has 2 aliphatic rings. The third-order valence-electron chi connectivity index (χ3n) is 2.54. The molecule has 0 radical (unpaired) electrons. The van der Waals surface area contributed by atoms with Gasteiger partial charge in [0.25, 0.3) is 0 Å². The lowest BCUT2D eigenvalue weighted by molar-refractivity contribution is -0.0235. The second-order valence-electron chi connectivity index (χ2n) is 3.25. The van der Waals surface area contributed by atoms with E-state index in [2.05, 4.69) is 5.32 Å². The summed E-state index contributed by atoms with van der Waals surface area (Å²) in [6.07, 6.45) is 5.89. The van der Waals surface area contributed by atoms with E-state index in [4.69, 9.17) is 4.74 Å². The van der Waals surface area contributed by atoms with Crippen LogP contribution in [0, 0.1) is 0 Å². The number of rotatable bonds is 0. The van der Waals surface area contributed by atoms with Gasteiger partial charge >= 0.3 is 0 Å². The van der Waals surface area contributed by atoms with E-state index in [1.165, 1.54) is 25.7 Å². The van der Waals surface area contributed by atoms with E-state index in [9.17, 15) is 0 Å². The molecule has 1 aliphatic heterocycles. The minimum atomic E-state index is 0. The van der Waals surface area contributed by atoms with Crippen LogP contribution in [0.2, 0.25) is 0 Å². The summed E-state index contributed by atoms with van der Waals surface area (Å²) in [5.41, 5.74) is 0. The van der Waals surface area contributed by atoms with Crippen LogP contribution < -0.4 is 5.32 Å². The Bertz CT molecular complexity index is 94.7. The number of fused-ring (bicyclic) bond motifs is 1. The van der Waals surface area contributed by atoms with Crippen LogP contribution in [-0.4, -0.2) is 25.3 Å². The lowest BCUT2D eigenvalue weighted by atomic mass is 9.92. The summed E-state index contributed by atoms with van der Waals surface area (Å²) in [6, 6.07) is 0.683. The van der Waals surface area contributed by atoms with Gasteiger partial charge in [-0.05, 0) is 12.8 Å². The Morgan fingerprint density at radius 1 is 1.18 bits per heavy atom. The van der Waals surface area contributed by atoms with Gasteiger partial charge in [-0.2, -0.15) is 0 Å². The van der Waals surface area contributed by atoms with Gasteiger partial charge in [-0.1, -0.05) is 12.8 Å². The SMILES string of the molecule is C1CC[C@H]2OCCN[C@@H]2C1.Cl. The molecule has 0 bridgehead atoms. The van der Waals surface area contributed by atoms with Crippen molar-refractivity contribution in [1.82, 2.24) is 5.32 Å². The average Bonchev–Trinajstić information content (AvgIpc) is 2.05. The Hall–Kier alpha value is 0.210. The second kappa shape index (κ2) is 4.29. The highest BCUT2D eigenvalue weighted by Gasteiger charge is 2.27. The van der Waals surface area contributed by atoms with Crippen molar-refractivity contribution in [2.45, 2.75) is 37.8 Å². The van der Waals surface area contributed by atoms with Crippen LogP contribution >= 0.6 is 12.4 Å². The van der Waals surface area contributed by atoms with E-state index in [1.54, 1.807) is 0 Å². The monoisotopic (exact) mass is 177 g/mol. The standard InChI is InChI=1S/C8H15NO.ClH/c1-2-4-8-7(3-1)9-5-6-10-8;/h7-9H,1-6H2;1H/t7-,8-;/m1./s1. The van der Waals surface area contributed by atoms with Crippen LogP contribution in [0.5, 0.6) is 0 Å². The zero-order valence-electron chi connectivity index (χ0n) is 6.71. The second-order valence-corrected chi connectivity index (χ2v) is 3.25. The van der Waals surface area contributed by atoms with Crippen LogP contribution in [0.4, 0.5) is 0 Å². The Morgan fingerprint density at radius 3 is 2.82 bits per heavy atom. The van der Waals surface area contributed by atoms with Gasteiger partial charge in [0, 0.05) is 12.6 Å². The third kappa shape index (κ3) is 2.08. The first-order valence-electron chi connectivity index (χ1n) is 4.32. The zero-order valence-corrected chi connectivity index (χ0v) is 7.53. The fraction of sp³-hybridized carbons (Fsp3) is 1.00. The molecule has 2 nitrogen and oxygen atoms in total. The molecule has 11 heavy (non-hydrogen) atoms. The van der Waals surface area contributed by atoms with Crippen molar-refractivity contribution in [2.75, 3.05) is 13.2 Å². The predicted octanol–water partition coefficient (Wildman–Crippen LogP) is 1.34. The summed E-state index contributed by atoms with van der Waals surface area (Å²) in [5.74, 6) is 0. The van der Waals surface area contributed by atoms with E-state index < -0.39 is 0 Å². The van der Waals surface area contributed by atoms with Gasteiger partial charge in [0.1, 0.15) is 0 Å². The van der Waals surface area contributed by atoms with Crippen LogP contribution in [0.1, 0.15) is 25.7 Å². The van der Waals surface area contributed by atoms with Crippen LogP contribution in [-0.2, 0) is 4.74 Å². The quantitative estimate of drug-likeness (QED) is 0.603. The van der Waals surface area contributed by atoms with Crippen molar-refractivity contribution in [3.8, 4) is 0 Å². The molecule has 0 aromatic rings. The summed E-state index contributed by atoms with van der Waals surface area (Å²) in [4.78, 5) is 0. The van der Waals surface area contributed by atoms with Gasteiger partial charge in [0.05, 0.1) is 12.7 Å². The van der Waals surface area contributed by atoms with E-state index in [0.717, 1.165) is 13.2 Å². The lowest BCUT2D eigenvalue weighted by Gasteiger charge is -2.36. The lowest BCUT2D eigenvalue weighted by Crippen LogP contribution is -2.49. The molecule has 0 amide bonds. The number of hydrogen-bond donors (Lipinski definition) is 1. The highest BCUT2D eigenvalue weighted by molar-refractivity contribution is 5.85. The normalized spacial score (nSPS) is 37.1. The minimum absolute atomic E-state index is 0. The number of hydrogen-bond acceptors (Lipinski definition) is 2. The van der Waals surface area contributed by atoms with Crippen molar-refractivity contribution in [2.24, 2.45) is 0 Å². The Kier molecular flexibility index (Phi) is 3.63. The fourth-order valence-electron chi connectivity index (χ4n) is 1.98. The molecule has 1 N–H and O–H groups in total. The molecule has 0 spiro atoms. The molecule has 1 heterocycles. The zero-order chi connectivity index (χ0) is 6.81. The molecular formula is C8H16ClNO. The molecular weight excluding hydrogens is 162 g/mol. The van der Waals surface area contributed by atoms with Crippen LogP contribution in [0.25, 0.3) is 0 Å². The first-order valence-corrected chi connectivity index (χ1v) is 4.32. The van der Waals surface area contributed by atoms with Gasteiger partial charge in [0.2, 0.25) is 0 Å². The van der Waals surface area contributed by atoms with Gasteiger partial charge in [0.15, 0.2) is 0 Å². The molecule has 2 atom stereocenters. The van der Waals surface area contributed by atoms with Crippen molar-refractivity contribution in [3.05, 3.63) is 0 Å². The summed E-state index contributed by atoms with van der Waals surface area (Å²) in [6.45, 7) is 1.97. The molecule has 3 heteroatoms. The summed E-state index contributed by atoms with van der Waals surface area (Å²) >= 11 is 0. The Labute approximate surface area is 74.1 Å². The highest BCUT2D eigenvalue weighted by atomic mass is 35.5. The Balaban J connectivity index is 0.000000605. The number of ether oxygens (including phenoxy) is 1. The first-order chi connectivity index (χ1) is 4.97. The molecule has 1 saturated heterocycles. The van der Waals surface area contributed by atoms with Gasteiger partial charge < -0.3 is 10.1 Å². The summed E-state index contributed by atoms with van der Waals surface area (Å²) in [5, 5.41) is 3.50. The topological polar surface area (TPSA) is 21.3 Å². The van der Waals surface area contributed by atoms with Crippen LogP contribution in [0.3, 0.4) is 0 Å². The third-order valence-corrected chi connectivity index (χ3v) is 2.54. The van der Waals surface area contributed by atoms with Gasteiger partial charge in [-0.15, -0.1) is 12.4 Å².